The maximum atomic E-state index is 12.8. The minimum Gasteiger partial charge on any atom is -0.456 e. The number of esters is 1. The van der Waals surface area contributed by atoms with Crippen LogP contribution in [0, 0.1) is 6.92 Å². The SMILES string of the molecule is CC(=O)O[C@@H]1C=Cc2ccccc2[C@H]1NS(=O)(=O)c1ccc(C)cc1. The minimum atomic E-state index is -3.76. The van der Waals surface area contributed by atoms with Gasteiger partial charge in [-0.25, -0.2) is 8.42 Å². The third-order valence-electron chi connectivity index (χ3n) is 4.04. The van der Waals surface area contributed by atoms with Gasteiger partial charge < -0.3 is 4.74 Å². The molecule has 130 valence electrons. The molecule has 6 heteroatoms. The lowest BCUT2D eigenvalue weighted by Crippen LogP contribution is -2.39. The van der Waals surface area contributed by atoms with Crippen LogP contribution in [0.1, 0.15) is 29.7 Å². The van der Waals surface area contributed by atoms with Crippen LogP contribution in [0.2, 0.25) is 0 Å². The molecular weight excluding hydrogens is 338 g/mol. The first kappa shape index (κ1) is 17.4. The first-order chi connectivity index (χ1) is 11.9. The van der Waals surface area contributed by atoms with Crippen molar-refractivity contribution >= 4 is 22.1 Å². The molecule has 0 amide bonds. The molecule has 0 aromatic heterocycles. The van der Waals surface area contributed by atoms with Crippen LogP contribution < -0.4 is 4.72 Å². The van der Waals surface area contributed by atoms with Gasteiger partial charge in [0.15, 0.2) is 0 Å². The first-order valence-corrected chi connectivity index (χ1v) is 9.38. The normalized spacial score (nSPS) is 19.3. The molecule has 2 aromatic carbocycles. The summed E-state index contributed by atoms with van der Waals surface area (Å²) in [4.78, 5) is 11.6. The van der Waals surface area contributed by atoms with Crippen molar-refractivity contribution in [2.24, 2.45) is 0 Å². The molecule has 0 heterocycles. The average Bonchev–Trinajstić information content (AvgIpc) is 2.57. The number of nitrogens with one attached hydrogen (secondary N) is 1. The predicted octanol–water partition coefficient (Wildman–Crippen LogP) is 2.97. The van der Waals surface area contributed by atoms with Gasteiger partial charge in [0.2, 0.25) is 10.0 Å². The van der Waals surface area contributed by atoms with Gasteiger partial charge in [-0.15, -0.1) is 0 Å². The highest BCUT2D eigenvalue weighted by molar-refractivity contribution is 7.89. The maximum absolute atomic E-state index is 12.8. The van der Waals surface area contributed by atoms with Crippen LogP contribution in [-0.2, 0) is 19.6 Å². The van der Waals surface area contributed by atoms with Crippen molar-refractivity contribution in [1.29, 1.82) is 0 Å². The van der Waals surface area contributed by atoms with Crippen LogP contribution in [0.3, 0.4) is 0 Å². The Kier molecular flexibility index (Phi) is 4.74. The van der Waals surface area contributed by atoms with Crippen molar-refractivity contribution in [1.82, 2.24) is 4.72 Å². The molecular formula is C19H19NO4S. The van der Waals surface area contributed by atoms with Crippen molar-refractivity contribution in [2.45, 2.75) is 30.9 Å². The molecule has 0 radical (unpaired) electrons. The molecule has 3 rings (SSSR count). The molecule has 0 aliphatic heterocycles. The van der Waals surface area contributed by atoms with E-state index in [1.807, 2.05) is 37.3 Å². The number of rotatable bonds is 4. The van der Waals surface area contributed by atoms with Crippen LogP contribution in [-0.4, -0.2) is 20.5 Å². The molecule has 2 aromatic rings. The zero-order valence-electron chi connectivity index (χ0n) is 14.0. The van der Waals surface area contributed by atoms with Gasteiger partial charge in [0.05, 0.1) is 10.9 Å². The monoisotopic (exact) mass is 357 g/mol. The van der Waals surface area contributed by atoms with E-state index in [9.17, 15) is 13.2 Å². The molecule has 5 nitrogen and oxygen atoms in total. The largest absolute Gasteiger partial charge is 0.456 e. The second-order valence-electron chi connectivity index (χ2n) is 5.97. The Balaban J connectivity index is 1.97. The number of aryl methyl sites for hydroxylation is 1. The molecule has 2 atom stereocenters. The summed E-state index contributed by atoms with van der Waals surface area (Å²) in [6.45, 7) is 3.20. The number of carbonyl (C=O) groups is 1. The van der Waals surface area contributed by atoms with Gasteiger partial charge in [0.1, 0.15) is 6.10 Å². The number of hydrogen-bond acceptors (Lipinski definition) is 4. The second kappa shape index (κ2) is 6.82. The van der Waals surface area contributed by atoms with E-state index < -0.39 is 28.1 Å². The molecule has 0 saturated carbocycles. The second-order valence-corrected chi connectivity index (χ2v) is 7.69. The van der Waals surface area contributed by atoms with E-state index in [4.69, 9.17) is 4.74 Å². The molecule has 0 unspecified atom stereocenters. The van der Waals surface area contributed by atoms with Crippen molar-refractivity contribution in [3.63, 3.8) is 0 Å². The van der Waals surface area contributed by atoms with Gasteiger partial charge in [-0.2, -0.15) is 4.72 Å². The molecule has 1 N–H and O–H groups in total. The topological polar surface area (TPSA) is 72.5 Å². The van der Waals surface area contributed by atoms with Crippen molar-refractivity contribution in [2.75, 3.05) is 0 Å². The van der Waals surface area contributed by atoms with Gasteiger partial charge in [-0.3, -0.25) is 4.79 Å². The molecule has 0 spiro atoms. The van der Waals surface area contributed by atoms with Crippen molar-refractivity contribution in [3.8, 4) is 0 Å². The number of fused-ring (bicyclic) bond motifs is 1. The van der Waals surface area contributed by atoms with Crippen LogP contribution >= 0.6 is 0 Å². The van der Waals surface area contributed by atoms with E-state index in [1.165, 1.54) is 6.92 Å². The lowest BCUT2D eigenvalue weighted by Gasteiger charge is -2.29. The van der Waals surface area contributed by atoms with Gasteiger partial charge in [-0.05, 0) is 36.3 Å². The van der Waals surface area contributed by atoms with Crippen molar-refractivity contribution in [3.05, 3.63) is 71.3 Å². The molecule has 1 aliphatic carbocycles. The third-order valence-corrected chi connectivity index (χ3v) is 5.50. The van der Waals surface area contributed by atoms with E-state index >= 15 is 0 Å². The highest BCUT2D eigenvalue weighted by Crippen LogP contribution is 2.31. The summed E-state index contributed by atoms with van der Waals surface area (Å²) in [5.41, 5.74) is 2.64. The summed E-state index contributed by atoms with van der Waals surface area (Å²) >= 11 is 0. The smallest absolute Gasteiger partial charge is 0.303 e. The number of sulfonamides is 1. The summed E-state index contributed by atoms with van der Waals surface area (Å²) in [5.74, 6) is -0.464. The van der Waals surface area contributed by atoms with E-state index in [-0.39, 0.29) is 4.90 Å². The highest BCUT2D eigenvalue weighted by atomic mass is 32.2. The summed E-state index contributed by atoms with van der Waals surface area (Å²) in [7, 11) is -3.76. The zero-order chi connectivity index (χ0) is 18.0. The summed E-state index contributed by atoms with van der Waals surface area (Å²) in [6.07, 6.45) is 2.83. The van der Waals surface area contributed by atoms with Crippen LogP contribution in [0.25, 0.3) is 6.08 Å². The molecule has 0 bridgehead atoms. The Bertz CT molecular complexity index is 917. The van der Waals surface area contributed by atoms with E-state index in [0.29, 0.717) is 0 Å². The summed E-state index contributed by atoms with van der Waals surface area (Å²) in [6, 6.07) is 13.3. The third kappa shape index (κ3) is 3.81. The summed E-state index contributed by atoms with van der Waals surface area (Å²) in [5, 5.41) is 0. The fourth-order valence-electron chi connectivity index (χ4n) is 2.81. The Morgan fingerprint density at radius 2 is 1.76 bits per heavy atom. The number of ether oxygens (including phenoxy) is 1. The summed E-state index contributed by atoms with van der Waals surface area (Å²) < 4.78 is 33.5. The molecule has 25 heavy (non-hydrogen) atoms. The van der Waals surface area contributed by atoms with Gasteiger partial charge in [0, 0.05) is 6.92 Å². The quantitative estimate of drug-likeness (QED) is 0.854. The van der Waals surface area contributed by atoms with Crippen LogP contribution in [0.4, 0.5) is 0 Å². The van der Waals surface area contributed by atoms with Gasteiger partial charge >= 0.3 is 5.97 Å². The number of carbonyl (C=O) groups excluding carboxylic acids is 1. The predicted molar refractivity (Wildman–Crippen MR) is 95.3 cm³/mol. The Hall–Kier alpha value is -2.44. The lowest BCUT2D eigenvalue weighted by atomic mass is 9.91. The van der Waals surface area contributed by atoms with E-state index in [0.717, 1.165) is 16.7 Å². The number of hydrogen-bond donors (Lipinski definition) is 1. The van der Waals surface area contributed by atoms with Crippen molar-refractivity contribution < 1.29 is 17.9 Å². The number of benzene rings is 2. The molecule has 0 fully saturated rings. The highest BCUT2D eigenvalue weighted by Gasteiger charge is 2.32. The molecule has 1 aliphatic rings. The fraction of sp³-hybridized carbons (Fsp3) is 0.211. The maximum Gasteiger partial charge on any atom is 0.303 e. The first-order valence-electron chi connectivity index (χ1n) is 7.90. The van der Waals surface area contributed by atoms with Crippen LogP contribution in [0.15, 0.2) is 59.5 Å². The average molecular weight is 357 g/mol. The minimum absolute atomic E-state index is 0.173. The fourth-order valence-corrected chi connectivity index (χ4v) is 4.04. The van der Waals surface area contributed by atoms with Gasteiger partial charge in [0.25, 0.3) is 0 Å². The van der Waals surface area contributed by atoms with E-state index in [1.54, 1.807) is 30.3 Å². The standard InChI is InChI=1S/C19H19NO4S/c1-13-7-10-16(11-8-13)25(22,23)20-19-17-6-4-3-5-15(17)9-12-18(19)24-14(2)21/h3-12,18-20H,1-2H3/t18-,19-/m1/s1. The Morgan fingerprint density at radius 1 is 1.08 bits per heavy atom. The van der Waals surface area contributed by atoms with Gasteiger partial charge in [-0.1, -0.05) is 48.0 Å². The molecule has 0 saturated heterocycles. The Labute approximate surface area is 147 Å². The zero-order valence-corrected chi connectivity index (χ0v) is 14.8. The Morgan fingerprint density at radius 3 is 2.44 bits per heavy atom. The van der Waals surface area contributed by atoms with E-state index in [2.05, 4.69) is 4.72 Å². The lowest BCUT2D eigenvalue weighted by molar-refractivity contribution is -0.145. The van der Waals surface area contributed by atoms with Crippen LogP contribution in [0.5, 0.6) is 0 Å².